The fourth-order valence-corrected chi connectivity index (χ4v) is 4.30. The normalized spacial score (nSPS) is 32.6. The number of piperidine rings is 1. The molecule has 120 valence electrons. The molecule has 21 heavy (non-hydrogen) atoms. The maximum absolute atomic E-state index is 12.3. The van der Waals surface area contributed by atoms with Gasteiger partial charge in [-0.3, -0.25) is 14.5 Å². The summed E-state index contributed by atoms with van der Waals surface area (Å²) in [7, 11) is 0. The van der Waals surface area contributed by atoms with Gasteiger partial charge >= 0.3 is 5.97 Å². The molecule has 1 saturated carbocycles. The zero-order valence-corrected chi connectivity index (χ0v) is 13.2. The molecule has 3 fully saturated rings. The van der Waals surface area contributed by atoms with E-state index in [-0.39, 0.29) is 24.2 Å². The molecule has 0 unspecified atom stereocenters. The second kappa shape index (κ2) is 6.53. The van der Waals surface area contributed by atoms with Crippen LogP contribution in [0.3, 0.4) is 0 Å². The molecule has 3 rings (SSSR count). The number of hydrogen-bond acceptors (Lipinski definition) is 3. The summed E-state index contributed by atoms with van der Waals surface area (Å²) in [5.74, 6) is -0.229. The zero-order chi connectivity index (χ0) is 14.2. The summed E-state index contributed by atoms with van der Waals surface area (Å²) >= 11 is 0. The van der Waals surface area contributed by atoms with Gasteiger partial charge in [-0.25, -0.2) is 0 Å². The zero-order valence-electron chi connectivity index (χ0n) is 12.4. The molecule has 6 heteroatoms. The largest absolute Gasteiger partial charge is 0.481 e. The van der Waals surface area contributed by atoms with Gasteiger partial charge in [0.1, 0.15) is 0 Å². The van der Waals surface area contributed by atoms with Gasteiger partial charge in [-0.1, -0.05) is 6.42 Å². The highest BCUT2D eigenvalue weighted by molar-refractivity contribution is 5.85. The van der Waals surface area contributed by atoms with E-state index in [0.29, 0.717) is 13.1 Å². The van der Waals surface area contributed by atoms with Gasteiger partial charge in [-0.2, -0.15) is 0 Å². The fraction of sp³-hybridized carbons (Fsp3) is 0.867. The Kier molecular flexibility index (Phi) is 5.15. The topological polar surface area (TPSA) is 60.9 Å². The van der Waals surface area contributed by atoms with E-state index in [2.05, 4.69) is 4.90 Å². The van der Waals surface area contributed by atoms with Crippen molar-refractivity contribution >= 4 is 24.3 Å². The van der Waals surface area contributed by atoms with E-state index in [1.165, 1.54) is 6.42 Å². The highest BCUT2D eigenvalue weighted by Crippen LogP contribution is 2.48. The number of fused-ring (bicyclic) bond motifs is 1. The van der Waals surface area contributed by atoms with Crippen molar-refractivity contribution in [3.63, 3.8) is 0 Å². The number of amides is 1. The van der Waals surface area contributed by atoms with E-state index in [9.17, 15) is 14.7 Å². The predicted octanol–water partition coefficient (Wildman–Crippen LogP) is 1.61. The Hall–Kier alpha value is -0.810. The quantitative estimate of drug-likeness (QED) is 0.859. The Morgan fingerprint density at radius 1 is 1.14 bits per heavy atom. The van der Waals surface area contributed by atoms with Crippen LogP contribution in [0.25, 0.3) is 0 Å². The first-order valence-corrected chi connectivity index (χ1v) is 7.85. The maximum Gasteiger partial charge on any atom is 0.311 e. The number of rotatable bonds is 3. The lowest BCUT2D eigenvalue weighted by Gasteiger charge is -2.29. The summed E-state index contributed by atoms with van der Waals surface area (Å²) in [6.07, 6.45) is 6.23. The van der Waals surface area contributed by atoms with E-state index >= 15 is 0 Å². The molecule has 0 aromatic heterocycles. The van der Waals surface area contributed by atoms with Gasteiger partial charge in [0.15, 0.2) is 0 Å². The molecule has 2 heterocycles. The SMILES string of the molecule is Cl.O=C(CN1C[C@@H]2CCC[C@@]2(C(=O)O)C1)N1CCCCC1. The number of carbonyl (C=O) groups excluding carboxylic acids is 1. The van der Waals surface area contributed by atoms with Crippen LogP contribution in [-0.4, -0.2) is 59.5 Å². The molecule has 2 saturated heterocycles. The molecular weight excluding hydrogens is 292 g/mol. The second-order valence-corrected chi connectivity index (χ2v) is 6.66. The third kappa shape index (κ3) is 3.04. The minimum Gasteiger partial charge on any atom is -0.481 e. The van der Waals surface area contributed by atoms with Gasteiger partial charge in [0, 0.05) is 26.2 Å². The van der Waals surface area contributed by atoms with Gasteiger partial charge < -0.3 is 10.0 Å². The number of carbonyl (C=O) groups is 2. The summed E-state index contributed by atoms with van der Waals surface area (Å²) in [6, 6.07) is 0. The van der Waals surface area contributed by atoms with Crippen molar-refractivity contribution in [3.05, 3.63) is 0 Å². The molecule has 0 aromatic rings. The molecular formula is C15H25ClN2O3. The van der Waals surface area contributed by atoms with Crippen LogP contribution in [0.4, 0.5) is 0 Å². The molecule has 0 aromatic carbocycles. The Balaban J connectivity index is 0.00000161. The molecule has 0 spiro atoms. The molecule has 1 amide bonds. The molecule has 1 N–H and O–H groups in total. The van der Waals surface area contributed by atoms with Gasteiger partial charge in [-0.05, 0) is 38.0 Å². The summed E-state index contributed by atoms with van der Waals surface area (Å²) < 4.78 is 0. The third-order valence-electron chi connectivity index (χ3n) is 5.43. The molecule has 1 aliphatic carbocycles. The number of aliphatic carboxylic acids is 1. The number of halogens is 1. The lowest BCUT2D eigenvalue weighted by Crippen LogP contribution is -2.43. The van der Waals surface area contributed by atoms with Gasteiger partial charge in [0.2, 0.25) is 5.91 Å². The van der Waals surface area contributed by atoms with E-state index in [1.54, 1.807) is 0 Å². The molecule has 3 aliphatic rings. The maximum atomic E-state index is 12.3. The smallest absolute Gasteiger partial charge is 0.311 e. The Labute approximate surface area is 132 Å². The predicted molar refractivity (Wildman–Crippen MR) is 81.5 cm³/mol. The number of likely N-dealkylation sites (tertiary alicyclic amines) is 2. The van der Waals surface area contributed by atoms with Crippen LogP contribution in [0.5, 0.6) is 0 Å². The van der Waals surface area contributed by atoms with Crippen molar-refractivity contribution in [2.75, 3.05) is 32.7 Å². The van der Waals surface area contributed by atoms with Crippen LogP contribution in [0, 0.1) is 11.3 Å². The summed E-state index contributed by atoms with van der Waals surface area (Å²) in [6.45, 7) is 3.50. The molecule has 2 aliphatic heterocycles. The van der Waals surface area contributed by atoms with Gasteiger partial charge in [0.05, 0.1) is 12.0 Å². The number of carboxylic acid groups (broad SMARTS) is 1. The van der Waals surface area contributed by atoms with E-state index in [4.69, 9.17) is 0 Å². The average molecular weight is 317 g/mol. The summed E-state index contributed by atoms with van der Waals surface area (Å²) in [5, 5.41) is 9.55. The van der Waals surface area contributed by atoms with E-state index in [0.717, 1.165) is 51.7 Å². The third-order valence-corrected chi connectivity index (χ3v) is 5.43. The Morgan fingerprint density at radius 2 is 1.86 bits per heavy atom. The van der Waals surface area contributed by atoms with Gasteiger partial charge in [-0.15, -0.1) is 12.4 Å². The number of carboxylic acids is 1. The molecule has 2 atom stereocenters. The first kappa shape index (κ1) is 16.6. The van der Waals surface area contributed by atoms with Gasteiger partial charge in [0.25, 0.3) is 0 Å². The first-order valence-electron chi connectivity index (χ1n) is 7.85. The van der Waals surface area contributed by atoms with Crippen molar-refractivity contribution in [2.45, 2.75) is 38.5 Å². The Bertz CT molecular complexity index is 412. The second-order valence-electron chi connectivity index (χ2n) is 6.66. The number of nitrogens with zero attached hydrogens (tertiary/aromatic N) is 2. The van der Waals surface area contributed by atoms with E-state index in [1.807, 2.05) is 4.90 Å². The lowest BCUT2D eigenvalue weighted by molar-refractivity contribution is -0.149. The summed E-state index contributed by atoms with van der Waals surface area (Å²) in [5.41, 5.74) is -0.567. The first-order chi connectivity index (χ1) is 9.62. The van der Waals surface area contributed by atoms with Crippen molar-refractivity contribution < 1.29 is 14.7 Å². The van der Waals surface area contributed by atoms with Crippen molar-refractivity contribution in [2.24, 2.45) is 11.3 Å². The minimum atomic E-state index is -0.659. The van der Waals surface area contributed by atoms with Crippen molar-refractivity contribution in [1.82, 2.24) is 9.80 Å². The number of hydrogen-bond donors (Lipinski definition) is 1. The fourth-order valence-electron chi connectivity index (χ4n) is 4.30. The summed E-state index contributed by atoms with van der Waals surface area (Å²) in [4.78, 5) is 27.9. The molecule has 5 nitrogen and oxygen atoms in total. The highest BCUT2D eigenvalue weighted by Gasteiger charge is 2.54. The van der Waals surface area contributed by atoms with Crippen LogP contribution in [0.15, 0.2) is 0 Å². The molecule has 0 radical (unpaired) electrons. The average Bonchev–Trinajstić information content (AvgIpc) is 2.97. The van der Waals surface area contributed by atoms with Crippen LogP contribution >= 0.6 is 12.4 Å². The van der Waals surface area contributed by atoms with E-state index < -0.39 is 11.4 Å². The van der Waals surface area contributed by atoms with Crippen LogP contribution in [0.1, 0.15) is 38.5 Å². The monoisotopic (exact) mass is 316 g/mol. The highest BCUT2D eigenvalue weighted by atomic mass is 35.5. The Morgan fingerprint density at radius 3 is 2.48 bits per heavy atom. The van der Waals surface area contributed by atoms with Crippen LogP contribution in [0.2, 0.25) is 0 Å². The van der Waals surface area contributed by atoms with Crippen molar-refractivity contribution in [3.8, 4) is 0 Å². The standard InChI is InChI=1S/C15H24N2O3.ClH/c18-13(17-7-2-1-3-8-17)10-16-9-12-5-4-6-15(12,11-16)14(19)20;/h12H,1-11H2,(H,19,20);1H/t12-,15+;/m0./s1. The van der Waals surface area contributed by atoms with Crippen LogP contribution < -0.4 is 0 Å². The van der Waals surface area contributed by atoms with Crippen LogP contribution in [-0.2, 0) is 9.59 Å². The lowest BCUT2D eigenvalue weighted by atomic mass is 9.81. The van der Waals surface area contributed by atoms with Crippen molar-refractivity contribution in [1.29, 1.82) is 0 Å². The molecule has 0 bridgehead atoms. The minimum absolute atomic E-state index is 0.